The van der Waals surface area contributed by atoms with Gasteiger partial charge in [-0.25, -0.2) is 8.42 Å². The van der Waals surface area contributed by atoms with Crippen molar-refractivity contribution in [3.8, 4) is 12.3 Å². The molecule has 7 nitrogen and oxygen atoms in total. The maximum absolute atomic E-state index is 13.3. The van der Waals surface area contributed by atoms with E-state index in [4.69, 9.17) is 5.73 Å². The lowest BCUT2D eigenvalue weighted by Crippen LogP contribution is -2.37. The van der Waals surface area contributed by atoms with Crippen molar-refractivity contribution < 1.29 is 13.5 Å². The van der Waals surface area contributed by atoms with Gasteiger partial charge in [0.15, 0.2) is 0 Å². The number of β-amino-alcohol motifs (C(OH)–C–C–N with tert-alkyl or cyclic N) is 1. The van der Waals surface area contributed by atoms with Crippen LogP contribution in [0.3, 0.4) is 0 Å². The van der Waals surface area contributed by atoms with Crippen molar-refractivity contribution >= 4 is 57.2 Å². The van der Waals surface area contributed by atoms with Gasteiger partial charge in [0, 0.05) is 36.5 Å². The van der Waals surface area contributed by atoms with Gasteiger partial charge in [0.2, 0.25) is 0 Å². The van der Waals surface area contributed by atoms with Crippen LogP contribution in [-0.4, -0.2) is 68.9 Å². The molecule has 1 aliphatic heterocycles. The molecule has 1 atom stereocenters. The molecule has 0 bridgehead atoms. The number of nitrogens with zero attached hydrogens (tertiary/aromatic N) is 3. The average Bonchev–Trinajstić information content (AvgIpc) is 2.88. The zero-order valence-corrected chi connectivity index (χ0v) is 27.2. The highest BCUT2D eigenvalue weighted by atomic mass is 32.3. The van der Waals surface area contributed by atoms with Crippen LogP contribution < -0.4 is 10.0 Å². The van der Waals surface area contributed by atoms with Gasteiger partial charge in [-0.15, -0.1) is 35.9 Å². The van der Waals surface area contributed by atoms with E-state index in [9.17, 15) is 13.5 Å². The molecule has 40 heavy (non-hydrogen) atoms. The first-order chi connectivity index (χ1) is 19.1. The number of aliphatic hydroxyl groups excluding tert-OH is 1. The number of likely N-dealkylation sites (tertiary alicyclic amines) is 1. The van der Waals surface area contributed by atoms with Crippen molar-refractivity contribution in [3.63, 3.8) is 0 Å². The number of thioether (sulfide) groups is 2. The van der Waals surface area contributed by atoms with Crippen molar-refractivity contribution in [2.45, 2.75) is 65.5 Å². The van der Waals surface area contributed by atoms with E-state index in [0.717, 1.165) is 49.2 Å². The first-order valence-corrected chi connectivity index (χ1v) is 17.3. The molecule has 1 fully saturated rings. The number of rotatable bonds is 11. The van der Waals surface area contributed by atoms with E-state index >= 15 is 0 Å². The fourth-order valence-corrected chi connectivity index (χ4v) is 7.54. The fraction of sp³-hybridized carbons (Fsp3) is 0.500. The van der Waals surface area contributed by atoms with E-state index in [1.165, 1.54) is 16.1 Å². The third-order valence-corrected chi connectivity index (χ3v) is 10.5. The normalized spacial score (nSPS) is 17.8. The minimum atomic E-state index is -3.72. The molecule has 0 radical (unpaired) electrons. The molecule has 1 saturated heterocycles. The minimum absolute atomic E-state index is 0.261. The maximum Gasteiger partial charge on any atom is 0.270 e. The lowest BCUT2D eigenvalue weighted by molar-refractivity contribution is 0.0977. The van der Waals surface area contributed by atoms with Crippen LogP contribution in [0.1, 0.15) is 58.9 Å². The zero-order chi connectivity index (χ0) is 30.1. The Balaban J connectivity index is 0.00000254. The van der Waals surface area contributed by atoms with Crippen LogP contribution in [0.4, 0.5) is 11.4 Å². The number of sulfonamides is 1. The summed E-state index contributed by atoms with van der Waals surface area (Å²) in [7, 11) is -3.72. The maximum atomic E-state index is 13.3. The summed E-state index contributed by atoms with van der Waals surface area (Å²) in [6.07, 6.45) is 21.2. The summed E-state index contributed by atoms with van der Waals surface area (Å²) in [5, 5.41) is 10.2. The molecule has 2 rings (SSSR count). The number of hydrogen-bond donors (Lipinski definition) is 2. The van der Waals surface area contributed by atoms with Gasteiger partial charge in [0.25, 0.3) is 10.0 Å². The highest BCUT2D eigenvalue weighted by Crippen LogP contribution is 2.35. The molecule has 1 aromatic rings. The number of aliphatic hydroxyl groups is 1. The van der Waals surface area contributed by atoms with Crippen molar-refractivity contribution in [2.24, 2.45) is 4.99 Å². The van der Waals surface area contributed by atoms with Crippen molar-refractivity contribution in [1.82, 2.24) is 4.90 Å². The monoisotopic (exact) mass is 606 g/mol. The first-order valence-electron chi connectivity index (χ1n) is 13.4. The smallest absolute Gasteiger partial charge is 0.270 e. The molecule has 0 aromatic heterocycles. The zero-order valence-electron chi connectivity index (χ0n) is 24.7. The number of aliphatic imine (C=N–C) groups is 1. The van der Waals surface area contributed by atoms with Crippen LogP contribution in [0.5, 0.6) is 0 Å². The molecule has 1 aromatic carbocycles. The second-order valence-corrected chi connectivity index (χ2v) is 13.3. The Morgan fingerprint density at radius 3 is 2.60 bits per heavy atom. The van der Waals surface area contributed by atoms with Gasteiger partial charge in [-0.2, -0.15) is 0 Å². The standard InChI is InChI=1S/C27H42N4O3S3.C3H4/c1-6-26(36-5)37(33,34)31(21(2)3)25-15-10-12-22(27(25)28)13-11-16-29-18-24(35-4)20-30-17-9-7-8-14-23(32)19-30;1-3-2/h6,10-13,15-16,18,21,23,32H,7-9,14,17,19-20,28H2,1-5H3;1H,2H3/b13-11+,24-18-,26-6+,29-16+;. The lowest BCUT2D eigenvalue weighted by atomic mass is 10.1. The number of anilines is 2. The van der Waals surface area contributed by atoms with E-state index in [2.05, 4.69) is 22.2 Å². The predicted molar refractivity (Wildman–Crippen MR) is 179 cm³/mol. The molecule has 3 N–H and O–H groups in total. The predicted octanol–water partition coefficient (Wildman–Crippen LogP) is 6.20. The first kappa shape index (κ1) is 35.9. The van der Waals surface area contributed by atoms with Crippen LogP contribution >= 0.6 is 23.5 Å². The van der Waals surface area contributed by atoms with Gasteiger partial charge in [-0.1, -0.05) is 37.1 Å². The van der Waals surface area contributed by atoms with Gasteiger partial charge < -0.3 is 10.8 Å². The second kappa shape index (κ2) is 19.1. The average molecular weight is 607 g/mol. The largest absolute Gasteiger partial charge is 0.397 e. The number of terminal acetylenes is 1. The van der Waals surface area contributed by atoms with Gasteiger partial charge in [-0.05, 0) is 77.3 Å². The van der Waals surface area contributed by atoms with Crippen molar-refractivity contribution in [2.75, 3.05) is 42.2 Å². The van der Waals surface area contributed by atoms with E-state index in [-0.39, 0.29) is 16.4 Å². The Hall–Kier alpha value is -2.16. The fourth-order valence-electron chi connectivity index (χ4n) is 4.28. The summed E-state index contributed by atoms with van der Waals surface area (Å²) < 4.78 is 28.3. The second-order valence-electron chi connectivity index (χ2n) is 9.47. The van der Waals surface area contributed by atoms with Gasteiger partial charge in [0.05, 0.1) is 17.5 Å². The van der Waals surface area contributed by atoms with Crippen LogP contribution in [0, 0.1) is 12.3 Å². The molecule has 0 aliphatic carbocycles. The Morgan fingerprint density at radius 2 is 2.00 bits per heavy atom. The van der Waals surface area contributed by atoms with E-state index in [0.29, 0.717) is 17.9 Å². The number of nitrogen functional groups attached to an aromatic ring is 1. The Kier molecular flexibility index (Phi) is 17.1. The molecule has 0 amide bonds. The van der Waals surface area contributed by atoms with Crippen molar-refractivity contribution in [3.05, 3.63) is 51.3 Å². The molecule has 1 heterocycles. The summed E-state index contributed by atoms with van der Waals surface area (Å²) in [5.74, 6) is 2.25. The highest BCUT2D eigenvalue weighted by Gasteiger charge is 2.30. The molecule has 1 unspecified atom stereocenters. The van der Waals surface area contributed by atoms with E-state index in [1.807, 2.05) is 44.5 Å². The van der Waals surface area contributed by atoms with E-state index in [1.54, 1.807) is 56.3 Å². The van der Waals surface area contributed by atoms with Crippen LogP contribution in [0.2, 0.25) is 0 Å². The third kappa shape index (κ3) is 11.4. The summed E-state index contributed by atoms with van der Waals surface area (Å²) in [5.41, 5.74) is 8.04. The molecule has 1 aliphatic rings. The molecule has 222 valence electrons. The van der Waals surface area contributed by atoms with Gasteiger partial charge in [0.1, 0.15) is 4.24 Å². The topological polar surface area (TPSA) is 99.2 Å². The number of allylic oxidation sites excluding steroid dienone is 2. The number of nitrogens with two attached hydrogens (primary N) is 1. The van der Waals surface area contributed by atoms with E-state index < -0.39 is 10.0 Å². The quantitative estimate of drug-likeness (QED) is 0.176. The van der Waals surface area contributed by atoms with Gasteiger partial charge >= 0.3 is 0 Å². The number of hydrogen-bond acceptors (Lipinski definition) is 8. The molecular formula is C30H46N4O3S3. The van der Waals surface area contributed by atoms with Gasteiger partial charge in [-0.3, -0.25) is 14.2 Å². The summed E-state index contributed by atoms with van der Waals surface area (Å²) in [6.45, 7) is 9.51. The summed E-state index contributed by atoms with van der Waals surface area (Å²) in [6, 6.07) is 5.10. The minimum Gasteiger partial charge on any atom is -0.397 e. The lowest BCUT2D eigenvalue weighted by Gasteiger charge is -2.30. The molecule has 0 saturated carbocycles. The Labute approximate surface area is 251 Å². The third-order valence-electron chi connectivity index (χ3n) is 6.06. The number of benzene rings is 1. The summed E-state index contributed by atoms with van der Waals surface area (Å²) >= 11 is 2.86. The molecule has 0 spiro atoms. The molecular weight excluding hydrogens is 561 g/mol. The highest BCUT2D eigenvalue weighted by molar-refractivity contribution is 8.18. The summed E-state index contributed by atoms with van der Waals surface area (Å²) in [4.78, 5) is 7.87. The number of para-hydroxylation sites is 1. The molecule has 10 heteroatoms. The van der Waals surface area contributed by atoms with Crippen LogP contribution in [0.15, 0.2) is 50.7 Å². The van der Waals surface area contributed by atoms with Crippen LogP contribution in [0.25, 0.3) is 6.08 Å². The Morgan fingerprint density at radius 1 is 1.30 bits per heavy atom. The van der Waals surface area contributed by atoms with Crippen LogP contribution in [-0.2, 0) is 10.0 Å². The Bertz CT molecular complexity index is 1190. The SMILES string of the molecule is C#CC.C/C=C(\SC)S(=O)(=O)N(c1cccc(/C=C/C=N/C=C(/CN2CCCCCC(O)C2)SC)c1N)C(C)C. The van der Waals surface area contributed by atoms with Crippen molar-refractivity contribution in [1.29, 1.82) is 0 Å².